The van der Waals surface area contributed by atoms with Crippen LogP contribution in [0.25, 0.3) is 0 Å². The molecule has 2 aliphatic rings. The lowest BCUT2D eigenvalue weighted by Crippen LogP contribution is -2.76. The van der Waals surface area contributed by atoms with Gasteiger partial charge in [-0.2, -0.15) is 0 Å². The number of carbonyl (C=O) groups is 2. The van der Waals surface area contributed by atoms with Gasteiger partial charge in [0.2, 0.25) is 0 Å². The lowest BCUT2D eigenvalue weighted by Gasteiger charge is -2.56. The van der Waals surface area contributed by atoms with Crippen molar-refractivity contribution in [2.24, 2.45) is 0 Å². The summed E-state index contributed by atoms with van der Waals surface area (Å²) in [6.45, 7) is 4.87. The molecular weight excluding hydrogens is 474 g/mol. The molecule has 2 saturated heterocycles. The van der Waals surface area contributed by atoms with Crippen molar-refractivity contribution in [3.05, 3.63) is 108 Å². The summed E-state index contributed by atoms with van der Waals surface area (Å²) in [5.74, 6) is -0.0174. The number of hydrazine groups is 1. The lowest BCUT2D eigenvalue weighted by atomic mass is 9.89. The molecule has 6 nitrogen and oxygen atoms in total. The Hall–Kier alpha value is -3.64. The van der Waals surface area contributed by atoms with Gasteiger partial charge in [-0.25, -0.2) is 9.80 Å². The van der Waals surface area contributed by atoms with Crippen LogP contribution in [-0.2, 0) is 29.1 Å². The molecule has 38 heavy (non-hydrogen) atoms. The number of aryl methyl sites for hydroxylation is 1. The standard InChI is InChI=1S/C32H37N3O3/c1-24-18-19-25(2)34(24)35-29(21-20-26-12-6-3-7-13-26)30(31(35)36)33(22-27-14-8-4-9-15-27)32(37)38-23-28-16-10-5-11-17-28/h3-17,24-25,29-30H,18-23H2,1-2H3/t24-,25-,29-,30-/m1/s1. The first-order valence-corrected chi connectivity index (χ1v) is 13.7. The Morgan fingerprint density at radius 3 is 1.92 bits per heavy atom. The SMILES string of the molecule is C[C@@H]1CC[C@@H](C)N1N1C(=O)[C@H](N(Cc2ccccc2)C(=O)OCc2ccccc2)[C@H]1CCc1ccccc1. The van der Waals surface area contributed by atoms with Crippen LogP contribution < -0.4 is 0 Å². The van der Waals surface area contributed by atoms with E-state index in [1.807, 2.05) is 83.9 Å². The number of rotatable bonds is 9. The summed E-state index contributed by atoms with van der Waals surface area (Å²) in [6, 6.07) is 29.8. The Morgan fingerprint density at radius 2 is 1.34 bits per heavy atom. The monoisotopic (exact) mass is 511 g/mol. The van der Waals surface area contributed by atoms with Crippen molar-refractivity contribution in [3.8, 4) is 0 Å². The maximum absolute atomic E-state index is 13.9. The molecule has 0 aromatic heterocycles. The van der Waals surface area contributed by atoms with E-state index in [1.54, 1.807) is 4.90 Å². The summed E-state index contributed by atoms with van der Waals surface area (Å²) in [5.41, 5.74) is 3.12. The van der Waals surface area contributed by atoms with Crippen LogP contribution in [0.5, 0.6) is 0 Å². The Balaban J connectivity index is 1.41. The van der Waals surface area contributed by atoms with Crippen molar-refractivity contribution in [2.75, 3.05) is 0 Å². The predicted octanol–water partition coefficient (Wildman–Crippen LogP) is 5.83. The normalized spacial score (nSPS) is 23.2. The largest absolute Gasteiger partial charge is 0.445 e. The molecule has 2 fully saturated rings. The zero-order valence-corrected chi connectivity index (χ0v) is 22.3. The number of amides is 2. The van der Waals surface area contributed by atoms with E-state index in [-0.39, 0.29) is 18.6 Å². The van der Waals surface area contributed by atoms with E-state index >= 15 is 0 Å². The molecule has 3 aromatic rings. The average Bonchev–Trinajstić information content (AvgIpc) is 3.27. The van der Waals surface area contributed by atoms with E-state index < -0.39 is 12.1 Å². The molecule has 3 aromatic carbocycles. The van der Waals surface area contributed by atoms with Gasteiger partial charge in [0.15, 0.2) is 0 Å². The first-order chi connectivity index (χ1) is 18.5. The highest BCUT2D eigenvalue weighted by Crippen LogP contribution is 2.37. The zero-order valence-electron chi connectivity index (χ0n) is 22.3. The Bertz CT molecular complexity index is 1190. The summed E-state index contributed by atoms with van der Waals surface area (Å²) in [6.07, 6.45) is 3.28. The molecule has 0 saturated carbocycles. The van der Waals surface area contributed by atoms with E-state index in [1.165, 1.54) is 5.56 Å². The van der Waals surface area contributed by atoms with Crippen molar-refractivity contribution in [1.29, 1.82) is 0 Å². The zero-order chi connectivity index (χ0) is 26.5. The minimum atomic E-state index is -0.567. The number of carbonyl (C=O) groups excluding carboxylic acids is 2. The van der Waals surface area contributed by atoms with E-state index in [0.717, 1.165) is 36.8 Å². The van der Waals surface area contributed by atoms with E-state index in [2.05, 4.69) is 31.0 Å². The van der Waals surface area contributed by atoms with Crippen molar-refractivity contribution >= 4 is 12.0 Å². The van der Waals surface area contributed by atoms with Crippen LogP contribution in [0.15, 0.2) is 91.0 Å². The van der Waals surface area contributed by atoms with Crippen molar-refractivity contribution in [3.63, 3.8) is 0 Å². The minimum absolute atomic E-state index is 0.0174. The Kier molecular flexibility index (Phi) is 8.08. The highest BCUT2D eigenvalue weighted by Gasteiger charge is 2.56. The van der Waals surface area contributed by atoms with Crippen LogP contribution in [0.2, 0.25) is 0 Å². The topological polar surface area (TPSA) is 53.1 Å². The molecule has 0 aliphatic carbocycles. The minimum Gasteiger partial charge on any atom is -0.445 e. The molecule has 0 N–H and O–H groups in total. The first kappa shape index (κ1) is 26.0. The van der Waals surface area contributed by atoms with Gasteiger partial charge in [0.25, 0.3) is 5.91 Å². The van der Waals surface area contributed by atoms with Gasteiger partial charge in [-0.05, 0) is 56.2 Å². The third kappa shape index (κ3) is 5.60. The number of hydrogen-bond acceptors (Lipinski definition) is 4. The fourth-order valence-electron chi connectivity index (χ4n) is 5.85. The van der Waals surface area contributed by atoms with Gasteiger partial charge in [-0.1, -0.05) is 91.0 Å². The van der Waals surface area contributed by atoms with Crippen LogP contribution in [0.1, 0.15) is 49.8 Å². The maximum atomic E-state index is 13.9. The second kappa shape index (κ2) is 11.8. The first-order valence-electron chi connectivity index (χ1n) is 13.7. The fourth-order valence-corrected chi connectivity index (χ4v) is 5.85. The molecule has 2 heterocycles. The van der Waals surface area contributed by atoms with E-state index in [0.29, 0.717) is 18.6 Å². The number of hydrogen-bond donors (Lipinski definition) is 0. The third-order valence-corrected chi connectivity index (χ3v) is 7.85. The quantitative estimate of drug-likeness (QED) is 0.340. The molecule has 198 valence electrons. The Labute approximate surface area is 225 Å². The Morgan fingerprint density at radius 1 is 0.816 bits per heavy atom. The highest BCUT2D eigenvalue weighted by atomic mass is 16.6. The van der Waals surface area contributed by atoms with Crippen molar-refractivity contribution in [1.82, 2.24) is 14.9 Å². The third-order valence-electron chi connectivity index (χ3n) is 7.85. The van der Waals surface area contributed by atoms with Gasteiger partial charge in [0, 0.05) is 18.6 Å². The number of nitrogens with zero attached hydrogens (tertiary/aromatic N) is 3. The second-order valence-corrected chi connectivity index (χ2v) is 10.5. The van der Waals surface area contributed by atoms with Gasteiger partial charge in [-0.3, -0.25) is 14.7 Å². The van der Waals surface area contributed by atoms with E-state index in [9.17, 15) is 9.59 Å². The lowest BCUT2D eigenvalue weighted by molar-refractivity contribution is -0.201. The van der Waals surface area contributed by atoms with Crippen LogP contribution in [0, 0.1) is 0 Å². The molecule has 0 radical (unpaired) electrons. The predicted molar refractivity (Wildman–Crippen MR) is 148 cm³/mol. The number of benzene rings is 3. The summed E-state index contributed by atoms with van der Waals surface area (Å²) >= 11 is 0. The van der Waals surface area contributed by atoms with Gasteiger partial charge in [0.1, 0.15) is 12.6 Å². The molecular formula is C32H37N3O3. The molecule has 0 spiro atoms. The van der Waals surface area contributed by atoms with E-state index in [4.69, 9.17) is 4.74 Å². The molecule has 0 bridgehead atoms. The van der Waals surface area contributed by atoms with Gasteiger partial charge in [0.05, 0.1) is 6.04 Å². The maximum Gasteiger partial charge on any atom is 0.411 e. The number of β-lactam (4-membered cyclic amide) rings is 1. The fraction of sp³-hybridized carbons (Fsp3) is 0.375. The smallest absolute Gasteiger partial charge is 0.411 e. The van der Waals surface area contributed by atoms with Crippen molar-refractivity contribution in [2.45, 2.75) is 76.8 Å². The van der Waals surface area contributed by atoms with Crippen LogP contribution in [0.4, 0.5) is 4.79 Å². The average molecular weight is 512 g/mol. The molecule has 0 unspecified atom stereocenters. The van der Waals surface area contributed by atoms with Crippen LogP contribution in [-0.4, -0.2) is 51.1 Å². The molecule has 5 rings (SSSR count). The molecule has 2 amide bonds. The van der Waals surface area contributed by atoms with Gasteiger partial charge < -0.3 is 4.74 Å². The van der Waals surface area contributed by atoms with Gasteiger partial charge >= 0.3 is 6.09 Å². The number of ether oxygens (including phenoxy) is 1. The van der Waals surface area contributed by atoms with Crippen molar-refractivity contribution < 1.29 is 14.3 Å². The molecule has 2 aliphatic heterocycles. The van der Waals surface area contributed by atoms with Crippen LogP contribution >= 0.6 is 0 Å². The summed E-state index contributed by atoms with van der Waals surface area (Å²) in [7, 11) is 0. The summed E-state index contributed by atoms with van der Waals surface area (Å²) in [5, 5.41) is 4.21. The highest BCUT2D eigenvalue weighted by molar-refractivity contribution is 5.92. The molecule has 4 atom stereocenters. The second-order valence-electron chi connectivity index (χ2n) is 10.5. The molecule has 6 heteroatoms. The van der Waals surface area contributed by atoms with Gasteiger partial charge in [-0.15, -0.1) is 0 Å². The van der Waals surface area contributed by atoms with Crippen LogP contribution in [0.3, 0.4) is 0 Å². The summed E-state index contributed by atoms with van der Waals surface area (Å²) < 4.78 is 5.78. The summed E-state index contributed by atoms with van der Waals surface area (Å²) in [4.78, 5) is 29.2.